The summed E-state index contributed by atoms with van der Waals surface area (Å²) in [4.78, 5) is 0. The van der Waals surface area contributed by atoms with E-state index in [4.69, 9.17) is 0 Å². The summed E-state index contributed by atoms with van der Waals surface area (Å²) in [5, 5.41) is 0. The molecule has 0 heteroatoms. The fourth-order valence-corrected chi connectivity index (χ4v) is 0.999. The van der Waals surface area contributed by atoms with Crippen LogP contribution in [0.1, 0.15) is 53.9 Å². The quantitative estimate of drug-likeness (QED) is 0.445. The molecule has 0 aromatic carbocycles. The molecule has 0 spiro atoms. The van der Waals surface area contributed by atoms with Gasteiger partial charge in [0.1, 0.15) is 0 Å². The fraction of sp³-hybridized carbons (Fsp3) is 0.800. The smallest absolute Gasteiger partial charge is 0.0323 e. The van der Waals surface area contributed by atoms with Crippen LogP contribution in [0.2, 0.25) is 0 Å². The lowest BCUT2D eigenvalue weighted by atomic mass is 10.0. The summed E-state index contributed by atoms with van der Waals surface area (Å²) < 4.78 is 0. The average Bonchev–Trinajstić information content (AvgIpc) is 1.94. The Balaban J connectivity index is 0. The van der Waals surface area contributed by atoms with Gasteiger partial charge in [0, 0.05) is 0 Å². The van der Waals surface area contributed by atoms with Gasteiger partial charge in [0.25, 0.3) is 0 Å². The minimum atomic E-state index is 0. The van der Waals surface area contributed by atoms with E-state index >= 15 is 0 Å². The largest absolute Gasteiger partial charge is 0.0856 e. The summed E-state index contributed by atoms with van der Waals surface area (Å²) in [5.74, 6) is 0. The predicted octanol–water partition coefficient (Wildman–Crippen LogP) is 4.17. The summed E-state index contributed by atoms with van der Waals surface area (Å²) in [6.45, 7) is 6.22. The molecule has 0 heterocycles. The first kappa shape index (κ1) is 12.4. The second kappa shape index (κ2) is 8.74. The van der Waals surface area contributed by atoms with Crippen molar-refractivity contribution in [3.63, 3.8) is 0 Å². The predicted molar refractivity (Wildman–Crippen MR) is 50.3 cm³/mol. The first-order chi connectivity index (χ1) is 4.39. The summed E-state index contributed by atoms with van der Waals surface area (Å²) in [5.41, 5.74) is 1.59. The Bertz CT molecular complexity index is 80.0. The number of hydrogen-bond acceptors (Lipinski definition) is 0. The average molecular weight is 142 g/mol. The zero-order chi connectivity index (χ0) is 7.11. The molecule has 10 heavy (non-hydrogen) atoms. The molecule has 0 saturated carbocycles. The van der Waals surface area contributed by atoms with Gasteiger partial charge in [-0.05, 0) is 32.6 Å². The third kappa shape index (κ3) is 5.87. The molecule has 0 aromatic rings. The molecule has 62 valence electrons. The van der Waals surface area contributed by atoms with E-state index in [-0.39, 0.29) is 7.43 Å². The van der Waals surface area contributed by atoms with Crippen LogP contribution in [0.5, 0.6) is 0 Å². The molecule has 0 nitrogen and oxygen atoms in total. The van der Waals surface area contributed by atoms with E-state index in [1.807, 2.05) is 13.8 Å². The van der Waals surface area contributed by atoms with Crippen LogP contribution in [0.4, 0.5) is 0 Å². The summed E-state index contributed by atoms with van der Waals surface area (Å²) >= 11 is 0. The molecule has 1 rings (SSSR count). The maximum atomic E-state index is 2.35. The van der Waals surface area contributed by atoms with Crippen LogP contribution in [0, 0.1) is 0 Å². The van der Waals surface area contributed by atoms with E-state index in [0.717, 1.165) is 0 Å². The van der Waals surface area contributed by atoms with Gasteiger partial charge in [-0.15, -0.1) is 0 Å². The van der Waals surface area contributed by atoms with Crippen molar-refractivity contribution in [3.05, 3.63) is 11.6 Å². The second-order valence-electron chi connectivity index (χ2n) is 2.30. The van der Waals surface area contributed by atoms with Gasteiger partial charge in [-0.2, -0.15) is 0 Å². The highest BCUT2D eigenvalue weighted by Crippen LogP contribution is 2.15. The molecule has 0 aromatic heterocycles. The van der Waals surface area contributed by atoms with Gasteiger partial charge >= 0.3 is 0 Å². The van der Waals surface area contributed by atoms with Gasteiger partial charge < -0.3 is 0 Å². The Kier molecular flexibility index (Phi) is 10.9. The highest BCUT2D eigenvalue weighted by molar-refractivity contribution is 5.00. The van der Waals surface area contributed by atoms with Gasteiger partial charge in [0.2, 0.25) is 0 Å². The van der Waals surface area contributed by atoms with Crippen molar-refractivity contribution >= 4 is 0 Å². The van der Waals surface area contributed by atoms with Crippen molar-refractivity contribution in [2.24, 2.45) is 0 Å². The Labute approximate surface area is 66.3 Å². The molecule has 0 aliphatic heterocycles. The van der Waals surface area contributed by atoms with Crippen LogP contribution in [0.25, 0.3) is 0 Å². The second-order valence-corrected chi connectivity index (χ2v) is 2.30. The standard InChI is InChI=1S/C7H12.C2H6.CH4/c1-7-5-3-2-4-6-7;1-2;/h5H,2-4,6H2,1H3;1-2H3;1H4. The van der Waals surface area contributed by atoms with Crippen LogP contribution in [-0.2, 0) is 0 Å². The molecule has 0 N–H and O–H groups in total. The molecular formula is C10H22. The van der Waals surface area contributed by atoms with Gasteiger partial charge in [0.05, 0.1) is 0 Å². The molecule has 0 atom stereocenters. The van der Waals surface area contributed by atoms with Crippen molar-refractivity contribution in [2.45, 2.75) is 53.9 Å². The van der Waals surface area contributed by atoms with E-state index in [0.29, 0.717) is 0 Å². The highest BCUT2D eigenvalue weighted by Gasteiger charge is 1.95. The maximum absolute atomic E-state index is 2.35. The van der Waals surface area contributed by atoms with Crippen molar-refractivity contribution < 1.29 is 0 Å². The summed E-state index contributed by atoms with van der Waals surface area (Å²) in [6.07, 6.45) is 7.86. The lowest BCUT2D eigenvalue weighted by Gasteiger charge is -2.05. The van der Waals surface area contributed by atoms with Gasteiger partial charge in [-0.25, -0.2) is 0 Å². The zero-order valence-corrected chi connectivity index (χ0v) is 6.91. The molecule has 1 aliphatic rings. The van der Waals surface area contributed by atoms with E-state index in [2.05, 4.69) is 13.0 Å². The normalized spacial score (nSPS) is 15.7. The van der Waals surface area contributed by atoms with Crippen molar-refractivity contribution in [2.75, 3.05) is 0 Å². The van der Waals surface area contributed by atoms with E-state index < -0.39 is 0 Å². The molecule has 1 aliphatic carbocycles. The summed E-state index contributed by atoms with van der Waals surface area (Å²) in [6, 6.07) is 0. The van der Waals surface area contributed by atoms with Crippen LogP contribution < -0.4 is 0 Å². The minimum Gasteiger partial charge on any atom is -0.0856 e. The topological polar surface area (TPSA) is 0 Å². The van der Waals surface area contributed by atoms with Crippen molar-refractivity contribution in [1.29, 1.82) is 0 Å². The van der Waals surface area contributed by atoms with Crippen molar-refractivity contribution in [1.82, 2.24) is 0 Å². The Morgan fingerprint density at radius 3 is 2.00 bits per heavy atom. The molecule has 0 saturated heterocycles. The number of rotatable bonds is 0. The van der Waals surface area contributed by atoms with E-state index in [1.54, 1.807) is 5.57 Å². The first-order valence-corrected chi connectivity index (χ1v) is 4.05. The lowest BCUT2D eigenvalue weighted by Crippen LogP contribution is -1.85. The van der Waals surface area contributed by atoms with Crippen LogP contribution >= 0.6 is 0 Å². The Hall–Kier alpha value is -0.260. The third-order valence-electron chi connectivity index (χ3n) is 1.52. The lowest BCUT2D eigenvalue weighted by molar-refractivity contribution is 0.702. The molecule has 0 amide bonds. The third-order valence-corrected chi connectivity index (χ3v) is 1.52. The monoisotopic (exact) mass is 142 g/mol. The highest BCUT2D eigenvalue weighted by atomic mass is 14.0. The zero-order valence-electron chi connectivity index (χ0n) is 6.91. The van der Waals surface area contributed by atoms with Gasteiger partial charge in [-0.1, -0.05) is 32.9 Å². The first-order valence-electron chi connectivity index (χ1n) is 4.05. The number of allylic oxidation sites excluding steroid dienone is 2. The van der Waals surface area contributed by atoms with Crippen LogP contribution in [0.3, 0.4) is 0 Å². The summed E-state index contributed by atoms with van der Waals surface area (Å²) in [7, 11) is 0. The van der Waals surface area contributed by atoms with Gasteiger partial charge in [0.15, 0.2) is 0 Å². The van der Waals surface area contributed by atoms with Crippen LogP contribution in [0.15, 0.2) is 11.6 Å². The SMILES string of the molecule is C.CC.CC1=CCCCC1. The van der Waals surface area contributed by atoms with Crippen molar-refractivity contribution in [3.8, 4) is 0 Å². The molecular weight excluding hydrogens is 120 g/mol. The Morgan fingerprint density at radius 1 is 1.20 bits per heavy atom. The van der Waals surface area contributed by atoms with E-state index in [1.165, 1.54) is 25.7 Å². The molecule has 0 fully saturated rings. The molecule has 0 bridgehead atoms. The number of hydrogen-bond donors (Lipinski definition) is 0. The maximum Gasteiger partial charge on any atom is -0.0323 e. The minimum absolute atomic E-state index is 0. The Morgan fingerprint density at radius 2 is 1.80 bits per heavy atom. The van der Waals surface area contributed by atoms with Crippen LogP contribution in [-0.4, -0.2) is 0 Å². The fourth-order valence-electron chi connectivity index (χ4n) is 0.999. The molecule has 0 unspecified atom stereocenters. The van der Waals surface area contributed by atoms with Gasteiger partial charge in [-0.3, -0.25) is 0 Å². The molecule has 0 radical (unpaired) electrons. The van der Waals surface area contributed by atoms with E-state index in [9.17, 15) is 0 Å².